The van der Waals surface area contributed by atoms with Gasteiger partial charge in [0.25, 0.3) is 0 Å². The molecule has 1 saturated heterocycles. The number of fused-ring (bicyclic) bond motifs is 1. The molecule has 0 unspecified atom stereocenters. The van der Waals surface area contributed by atoms with E-state index >= 15 is 0 Å². The molecular weight excluding hydrogens is 362 g/mol. The first-order valence-electron chi connectivity index (χ1n) is 10.4. The zero-order valence-electron chi connectivity index (χ0n) is 17.3. The molecule has 0 saturated carbocycles. The third-order valence-corrected chi connectivity index (χ3v) is 5.69. The van der Waals surface area contributed by atoms with Crippen LogP contribution in [-0.2, 0) is 0 Å². The molecule has 29 heavy (non-hydrogen) atoms. The SMILES string of the molecule is COc1ccc(-c2ccc(OCCN3CCCCC3)c3ccccc23)cc1OC. The molecule has 0 bridgehead atoms. The van der Waals surface area contributed by atoms with Gasteiger partial charge in [0.15, 0.2) is 11.5 Å². The minimum Gasteiger partial charge on any atom is -0.493 e. The number of rotatable bonds is 7. The lowest BCUT2D eigenvalue weighted by Crippen LogP contribution is -2.33. The molecule has 152 valence electrons. The van der Waals surface area contributed by atoms with Crippen LogP contribution in [-0.4, -0.2) is 45.4 Å². The predicted octanol–water partition coefficient (Wildman–Crippen LogP) is 5.39. The molecule has 3 aromatic rings. The molecule has 0 aliphatic carbocycles. The van der Waals surface area contributed by atoms with Crippen LogP contribution in [0.25, 0.3) is 21.9 Å². The van der Waals surface area contributed by atoms with Crippen molar-refractivity contribution in [2.45, 2.75) is 19.3 Å². The van der Waals surface area contributed by atoms with E-state index in [0.717, 1.165) is 46.9 Å². The van der Waals surface area contributed by atoms with Gasteiger partial charge in [-0.05, 0) is 60.6 Å². The van der Waals surface area contributed by atoms with Gasteiger partial charge in [-0.1, -0.05) is 42.8 Å². The molecule has 0 atom stereocenters. The van der Waals surface area contributed by atoms with Gasteiger partial charge in [0.2, 0.25) is 0 Å². The monoisotopic (exact) mass is 391 g/mol. The van der Waals surface area contributed by atoms with Gasteiger partial charge in [0.05, 0.1) is 14.2 Å². The molecule has 4 rings (SSSR count). The molecular formula is C25H29NO3. The summed E-state index contributed by atoms with van der Waals surface area (Å²) in [6, 6.07) is 18.7. The minimum atomic E-state index is 0.722. The third kappa shape index (κ3) is 4.33. The van der Waals surface area contributed by atoms with Crippen LogP contribution in [0.3, 0.4) is 0 Å². The van der Waals surface area contributed by atoms with Crippen LogP contribution in [0.1, 0.15) is 19.3 Å². The van der Waals surface area contributed by atoms with Crippen molar-refractivity contribution in [2.24, 2.45) is 0 Å². The fourth-order valence-corrected chi connectivity index (χ4v) is 4.12. The second-order valence-corrected chi connectivity index (χ2v) is 7.48. The highest BCUT2D eigenvalue weighted by Crippen LogP contribution is 2.38. The van der Waals surface area contributed by atoms with Crippen LogP contribution < -0.4 is 14.2 Å². The normalized spacial score (nSPS) is 14.7. The van der Waals surface area contributed by atoms with Gasteiger partial charge in [-0.25, -0.2) is 0 Å². The summed E-state index contributed by atoms with van der Waals surface area (Å²) in [5.41, 5.74) is 2.25. The van der Waals surface area contributed by atoms with Gasteiger partial charge in [-0.3, -0.25) is 4.90 Å². The van der Waals surface area contributed by atoms with Crippen LogP contribution in [0.2, 0.25) is 0 Å². The third-order valence-electron chi connectivity index (χ3n) is 5.69. The molecule has 0 spiro atoms. The average molecular weight is 392 g/mol. The first kappa shape index (κ1) is 19.6. The van der Waals surface area contributed by atoms with Gasteiger partial charge >= 0.3 is 0 Å². The summed E-state index contributed by atoms with van der Waals surface area (Å²) in [4.78, 5) is 2.50. The highest BCUT2D eigenvalue weighted by atomic mass is 16.5. The van der Waals surface area contributed by atoms with E-state index in [9.17, 15) is 0 Å². The summed E-state index contributed by atoms with van der Waals surface area (Å²) >= 11 is 0. The first-order valence-corrected chi connectivity index (χ1v) is 10.4. The van der Waals surface area contributed by atoms with E-state index in [4.69, 9.17) is 14.2 Å². The molecule has 0 aromatic heterocycles. The fraction of sp³-hybridized carbons (Fsp3) is 0.360. The lowest BCUT2D eigenvalue weighted by atomic mass is 9.97. The summed E-state index contributed by atoms with van der Waals surface area (Å²) in [5, 5.41) is 2.31. The quantitative estimate of drug-likeness (QED) is 0.540. The molecule has 4 nitrogen and oxygen atoms in total. The van der Waals surface area contributed by atoms with Crippen molar-refractivity contribution in [3.05, 3.63) is 54.6 Å². The van der Waals surface area contributed by atoms with Gasteiger partial charge in [0.1, 0.15) is 12.4 Å². The molecule has 1 fully saturated rings. The van der Waals surface area contributed by atoms with Crippen molar-refractivity contribution >= 4 is 10.8 Å². The summed E-state index contributed by atoms with van der Waals surface area (Å²) in [5.74, 6) is 2.41. The van der Waals surface area contributed by atoms with E-state index in [0.29, 0.717) is 0 Å². The zero-order valence-corrected chi connectivity index (χ0v) is 17.3. The van der Waals surface area contributed by atoms with E-state index in [-0.39, 0.29) is 0 Å². The van der Waals surface area contributed by atoms with E-state index < -0.39 is 0 Å². The largest absolute Gasteiger partial charge is 0.493 e. The smallest absolute Gasteiger partial charge is 0.161 e. The van der Waals surface area contributed by atoms with Gasteiger partial charge < -0.3 is 14.2 Å². The second kappa shape index (κ2) is 9.19. The summed E-state index contributed by atoms with van der Waals surface area (Å²) in [6.07, 6.45) is 3.98. The molecule has 3 aromatic carbocycles. The number of piperidine rings is 1. The Morgan fingerprint density at radius 2 is 1.48 bits per heavy atom. The first-order chi connectivity index (χ1) is 14.3. The Labute approximate surface area is 173 Å². The molecule has 1 heterocycles. The predicted molar refractivity (Wildman–Crippen MR) is 118 cm³/mol. The minimum absolute atomic E-state index is 0.722. The Bertz CT molecular complexity index is 963. The molecule has 0 N–H and O–H groups in total. The van der Waals surface area contributed by atoms with Crippen molar-refractivity contribution in [1.29, 1.82) is 0 Å². The summed E-state index contributed by atoms with van der Waals surface area (Å²) in [7, 11) is 3.32. The molecule has 4 heteroatoms. The zero-order chi connectivity index (χ0) is 20.1. The standard InChI is InChI=1S/C25H29NO3/c1-27-24-12-10-19(18-25(24)28-2)20-11-13-23(22-9-5-4-8-21(20)22)29-17-16-26-14-6-3-7-15-26/h4-5,8-13,18H,3,6-7,14-17H2,1-2H3. The number of likely N-dealkylation sites (tertiary alicyclic amines) is 1. The van der Waals surface area contributed by atoms with Crippen molar-refractivity contribution in [2.75, 3.05) is 40.5 Å². The number of hydrogen-bond donors (Lipinski definition) is 0. The number of benzene rings is 3. The lowest BCUT2D eigenvalue weighted by molar-refractivity contribution is 0.184. The van der Waals surface area contributed by atoms with Gasteiger partial charge in [0, 0.05) is 11.9 Å². The Morgan fingerprint density at radius 1 is 0.759 bits per heavy atom. The highest BCUT2D eigenvalue weighted by Gasteiger charge is 2.13. The molecule has 0 radical (unpaired) electrons. The Balaban J connectivity index is 1.60. The van der Waals surface area contributed by atoms with Crippen LogP contribution in [0.15, 0.2) is 54.6 Å². The lowest BCUT2D eigenvalue weighted by Gasteiger charge is -2.26. The summed E-state index contributed by atoms with van der Waals surface area (Å²) < 4.78 is 17.1. The van der Waals surface area contributed by atoms with E-state index in [2.05, 4.69) is 47.4 Å². The Kier molecular flexibility index (Phi) is 6.20. The van der Waals surface area contributed by atoms with Crippen LogP contribution in [0, 0.1) is 0 Å². The number of methoxy groups -OCH3 is 2. The number of ether oxygens (including phenoxy) is 3. The summed E-state index contributed by atoms with van der Waals surface area (Å²) in [6.45, 7) is 4.11. The maximum Gasteiger partial charge on any atom is 0.161 e. The highest BCUT2D eigenvalue weighted by molar-refractivity contribution is 6.00. The molecule has 0 amide bonds. The van der Waals surface area contributed by atoms with E-state index in [1.807, 2.05) is 12.1 Å². The van der Waals surface area contributed by atoms with Gasteiger partial charge in [-0.15, -0.1) is 0 Å². The maximum absolute atomic E-state index is 6.21. The molecule has 1 aliphatic rings. The van der Waals surface area contributed by atoms with Crippen LogP contribution in [0.5, 0.6) is 17.2 Å². The van der Waals surface area contributed by atoms with Crippen LogP contribution >= 0.6 is 0 Å². The topological polar surface area (TPSA) is 30.9 Å². The van der Waals surface area contributed by atoms with Crippen molar-refractivity contribution in [3.8, 4) is 28.4 Å². The van der Waals surface area contributed by atoms with Gasteiger partial charge in [-0.2, -0.15) is 0 Å². The molecule has 1 aliphatic heterocycles. The Morgan fingerprint density at radius 3 is 2.24 bits per heavy atom. The number of nitrogens with zero attached hydrogens (tertiary/aromatic N) is 1. The van der Waals surface area contributed by atoms with E-state index in [1.54, 1.807) is 14.2 Å². The van der Waals surface area contributed by atoms with Crippen LogP contribution in [0.4, 0.5) is 0 Å². The Hall–Kier alpha value is -2.72. The fourth-order valence-electron chi connectivity index (χ4n) is 4.12. The van der Waals surface area contributed by atoms with Crippen molar-refractivity contribution in [3.63, 3.8) is 0 Å². The van der Waals surface area contributed by atoms with E-state index in [1.165, 1.54) is 37.7 Å². The maximum atomic E-state index is 6.21. The van der Waals surface area contributed by atoms with Crippen molar-refractivity contribution < 1.29 is 14.2 Å². The number of hydrogen-bond acceptors (Lipinski definition) is 4. The average Bonchev–Trinajstić information content (AvgIpc) is 2.79. The second-order valence-electron chi connectivity index (χ2n) is 7.48. The van der Waals surface area contributed by atoms with Crippen molar-refractivity contribution in [1.82, 2.24) is 4.90 Å².